The van der Waals surface area contributed by atoms with E-state index >= 15 is 0 Å². The van der Waals surface area contributed by atoms with Crippen LogP contribution in [-0.2, 0) is 9.53 Å². The van der Waals surface area contributed by atoms with Gasteiger partial charge in [-0.05, 0) is 0 Å². The van der Waals surface area contributed by atoms with Crippen LogP contribution in [0.5, 0.6) is 0 Å². The van der Waals surface area contributed by atoms with Gasteiger partial charge in [0.25, 0.3) is 0 Å². The smallest absolute Gasteiger partial charge is 0.381 e. The van der Waals surface area contributed by atoms with E-state index in [1.165, 1.54) is 0 Å². The molecule has 1 rings (SSSR count). The highest BCUT2D eigenvalue weighted by atomic mass is 19.4. The average molecular weight is 209 g/mol. The van der Waals surface area contributed by atoms with Gasteiger partial charge < -0.3 is 4.74 Å². The summed E-state index contributed by atoms with van der Waals surface area (Å²) in [6.45, 7) is 0. The van der Waals surface area contributed by atoms with Crippen LogP contribution in [-0.4, -0.2) is 33.5 Å². The molecule has 0 fully saturated rings. The molecule has 1 N–H and O–H groups in total. The lowest BCUT2D eigenvalue weighted by atomic mass is 10.5. The number of nitrogens with zero attached hydrogens (tertiary/aromatic N) is 2. The molecule has 0 saturated heterocycles. The number of aromatic nitrogens is 3. The fraction of sp³-hybridized carbons (Fsp3) is 0.200. The van der Waals surface area contributed by atoms with Gasteiger partial charge in [-0.25, -0.2) is 9.59 Å². The van der Waals surface area contributed by atoms with Gasteiger partial charge in [-0.2, -0.15) is 23.5 Å². The van der Waals surface area contributed by atoms with Gasteiger partial charge in [0.15, 0.2) is 5.69 Å². The lowest BCUT2D eigenvalue weighted by molar-refractivity contribution is -0.193. The SMILES string of the molecule is O=C(OC(=O)C(F)(F)F)c1cn[nH]n1. The fourth-order valence-electron chi connectivity index (χ4n) is 0.494. The van der Waals surface area contributed by atoms with Gasteiger partial charge in [-0.3, -0.25) is 0 Å². The number of aromatic amines is 1. The number of halogens is 3. The first-order valence-electron chi connectivity index (χ1n) is 3.10. The first-order valence-corrected chi connectivity index (χ1v) is 3.10. The topological polar surface area (TPSA) is 84.9 Å². The summed E-state index contributed by atoms with van der Waals surface area (Å²) in [5, 5.41) is 8.23. The Hall–Kier alpha value is -1.93. The molecular formula is C5H2F3N3O3. The summed E-state index contributed by atoms with van der Waals surface area (Å²) >= 11 is 0. The second-order valence-electron chi connectivity index (χ2n) is 2.03. The van der Waals surface area contributed by atoms with Crippen molar-refractivity contribution in [3.63, 3.8) is 0 Å². The van der Waals surface area contributed by atoms with Crippen LogP contribution >= 0.6 is 0 Å². The molecule has 1 aromatic rings. The number of alkyl halides is 3. The van der Waals surface area contributed by atoms with Gasteiger partial charge in [-0.1, -0.05) is 0 Å². The van der Waals surface area contributed by atoms with Crippen LogP contribution in [0.25, 0.3) is 0 Å². The van der Waals surface area contributed by atoms with E-state index in [2.05, 4.69) is 14.9 Å². The van der Waals surface area contributed by atoms with Crippen molar-refractivity contribution < 1.29 is 27.5 Å². The van der Waals surface area contributed by atoms with E-state index in [9.17, 15) is 22.8 Å². The number of hydrogen-bond acceptors (Lipinski definition) is 5. The van der Waals surface area contributed by atoms with Gasteiger partial charge in [-0.15, -0.1) is 5.10 Å². The van der Waals surface area contributed by atoms with Gasteiger partial charge >= 0.3 is 18.1 Å². The van der Waals surface area contributed by atoms with Crippen LogP contribution in [0.1, 0.15) is 10.5 Å². The number of carbonyl (C=O) groups is 2. The Morgan fingerprint density at radius 3 is 2.50 bits per heavy atom. The molecule has 9 heteroatoms. The molecular weight excluding hydrogens is 207 g/mol. The van der Waals surface area contributed by atoms with E-state index in [1.807, 2.05) is 5.21 Å². The van der Waals surface area contributed by atoms with E-state index < -0.39 is 23.8 Å². The lowest BCUT2D eigenvalue weighted by Gasteiger charge is -2.02. The number of rotatable bonds is 1. The molecule has 0 unspecified atom stereocenters. The van der Waals surface area contributed by atoms with Crippen molar-refractivity contribution in [2.75, 3.05) is 0 Å². The third-order valence-electron chi connectivity index (χ3n) is 1.04. The highest BCUT2D eigenvalue weighted by Gasteiger charge is 2.42. The molecule has 0 amide bonds. The summed E-state index contributed by atoms with van der Waals surface area (Å²) < 4.78 is 38.2. The van der Waals surface area contributed by atoms with E-state index in [1.54, 1.807) is 0 Å². The minimum Gasteiger partial charge on any atom is -0.381 e. The number of ether oxygens (including phenoxy) is 1. The number of hydrogen-bond donors (Lipinski definition) is 1. The molecule has 6 nitrogen and oxygen atoms in total. The summed E-state index contributed by atoms with van der Waals surface area (Å²) in [6.07, 6.45) is -4.38. The highest BCUT2D eigenvalue weighted by Crippen LogP contribution is 2.16. The molecule has 0 radical (unpaired) electrons. The second-order valence-corrected chi connectivity index (χ2v) is 2.03. The molecule has 1 heterocycles. The molecule has 0 saturated carbocycles. The molecule has 0 aliphatic carbocycles. The molecule has 1 aromatic heterocycles. The Balaban J connectivity index is 2.63. The van der Waals surface area contributed by atoms with Gasteiger partial charge in [0, 0.05) is 0 Å². The van der Waals surface area contributed by atoms with Crippen molar-refractivity contribution in [1.82, 2.24) is 15.4 Å². The van der Waals surface area contributed by atoms with Crippen LogP contribution in [0, 0.1) is 0 Å². The fourth-order valence-corrected chi connectivity index (χ4v) is 0.494. The van der Waals surface area contributed by atoms with E-state index in [-0.39, 0.29) is 0 Å². The van der Waals surface area contributed by atoms with Gasteiger partial charge in [0.2, 0.25) is 0 Å². The Morgan fingerprint density at radius 2 is 2.07 bits per heavy atom. The van der Waals surface area contributed by atoms with E-state index in [0.29, 0.717) is 0 Å². The third kappa shape index (κ3) is 2.28. The molecule has 0 aliphatic rings. The standard InChI is InChI=1S/C5H2F3N3O3/c6-5(7,8)4(13)14-3(12)2-1-9-11-10-2/h1H,(H,9,10,11). The first-order chi connectivity index (χ1) is 6.41. The molecule has 0 spiro atoms. The lowest BCUT2D eigenvalue weighted by Crippen LogP contribution is -2.28. The van der Waals surface area contributed by atoms with Crippen molar-refractivity contribution in [3.05, 3.63) is 11.9 Å². The maximum absolute atomic E-state index is 11.6. The quantitative estimate of drug-likeness (QED) is 0.521. The Kier molecular flexibility index (Phi) is 2.49. The molecule has 14 heavy (non-hydrogen) atoms. The molecule has 0 atom stereocenters. The van der Waals surface area contributed by atoms with Crippen LogP contribution in [0.2, 0.25) is 0 Å². The number of H-pyrrole nitrogens is 1. The van der Waals surface area contributed by atoms with Crippen LogP contribution in [0.15, 0.2) is 6.20 Å². The summed E-state index contributed by atoms with van der Waals surface area (Å²) in [5.74, 6) is -4.11. The van der Waals surface area contributed by atoms with Crippen LogP contribution < -0.4 is 0 Å². The normalized spacial score (nSPS) is 11.1. The summed E-state index contributed by atoms with van der Waals surface area (Å²) in [6, 6.07) is 0. The zero-order valence-corrected chi connectivity index (χ0v) is 6.33. The third-order valence-corrected chi connectivity index (χ3v) is 1.04. The maximum atomic E-state index is 11.6. The number of carbonyl (C=O) groups excluding carboxylic acids is 2. The monoisotopic (exact) mass is 209 g/mol. The van der Waals surface area contributed by atoms with E-state index in [0.717, 1.165) is 6.20 Å². The summed E-state index contributed by atoms with van der Waals surface area (Å²) in [4.78, 5) is 20.8. The van der Waals surface area contributed by atoms with Crippen LogP contribution in [0.4, 0.5) is 13.2 Å². The summed E-state index contributed by atoms with van der Waals surface area (Å²) in [5.41, 5.74) is -0.511. The molecule has 0 bridgehead atoms. The minimum absolute atomic E-state index is 0.511. The van der Waals surface area contributed by atoms with Crippen molar-refractivity contribution in [2.24, 2.45) is 0 Å². The molecule has 76 valence electrons. The van der Waals surface area contributed by atoms with Crippen molar-refractivity contribution in [3.8, 4) is 0 Å². The van der Waals surface area contributed by atoms with E-state index in [4.69, 9.17) is 0 Å². The molecule has 0 aliphatic heterocycles. The minimum atomic E-state index is -5.21. The van der Waals surface area contributed by atoms with Crippen molar-refractivity contribution in [1.29, 1.82) is 0 Å². The largest absolute Gasteiger partial charge is 0.491 e. The maximum Gasteiger partial charge on any atom is 0.491 e. The van der Waals surface area contributed by atoms with Gasteiger partial charge in [0.05, 0.1) is 6.20 Å². The predicted molar refractivity (Wildman–Crippen MR) is 32.9 cm³/mol. The zero-order chi connectivity index (χ0) is 10.8. The highest BCUT2D eigenvalue weighted by molar-refractivity contribution is 5.96. The van der Waals surface area contributed by atoms with Crippen LogP contribution in [0.3, 0.4) is 0 Å². The second kappa shape index (κ2) is 3.44. The number of esters is 2. The Morgan fingerprint density at radius 1 is 1.43 bits per heavy atom. The van der Waals surface area contributed by atoms with Crippen molar-refractivity contribution >= 4 is 11.9 Å². The van der Waals surface area contributed by atoms with Gasteiger partial charge in [0.1, 0.15) is 0 Å². The van der Waals surface area contributed by atoms with Crippen molar-refractivity contribution in [2.45, 2.75) is 6.18 Å². The Labute approximate surface area is 74.0 Å². The first kappa shape index (κ1) is 10.2. The number of nitrogens with one attached hydrogen (secondary N) is 1. The average Bonchev–Trinajstić information content (AvgIpc) is 2.53. The zero-order valence-electron chi connectivity index (χ0n) is 6.33. The summed E-state index contributed by atoms with van der Waals surface area (Å²) in [7, 11) is 0. The molecule has 0 aromatic carbocycles. The Bertz CT molecular complexity index is 345. The predicted octanol–water partition coefficient (Wildman–Crippen LogP) is 0.0504.